The van der Waals surface area contributed by atoms with Crippen molar-refractivity contribution >= 4 is 27.3 Å². The van der Waals surface area contributed by atoms with Gasteiger partial charge in [0.25, 0.3) is 0 Å². The Morgan fingerprint density at radius 2 is 2.24 bits per heavy atom. The summed E-state index contributed by atoms with van der Waals surface area (Å²) in [4.78, 5) is 10.6. The Balaban J connectivity index is 2.24. The van der Waals surface area contributed by atoms with E-state index in [2.05, 4.69) is 4.72 Å². The highest BCUT2D eigenvalue weighted by molar-refractivity contribution is 7.89. The molecule has 5 nitrogen and oxygen atoms in total. The first-order valence-electron chi connectivity index (χ1n) is 5.25. The lowest BCUT2D eigenvalue weighted by molar-refractivity contribution is 0.0698. The molecule has 1 fully saturated rings. The molecular formula is C10H13NO4S2. The molecular weight excluding hydrogens is 262 g/mol. The molecule has 0 amide bonds. The molecule has 2 N–H and O–H groups in total. The molecule has 0 radical (unpaired) electrons. The molecule has 0 aromatic carbocycles. The lowest BCUT2D eigenvalue weighted by Gasteiger charge is -2.12. The predicted molar refractivity (Wildman–Crippen MR) is 63.8 cm³/mol. The van der Waals surface area contributed by atoms with Crippen LogP contribution in [0.1, 0.15) is 29.4 Å². The van der Waals surface area contributed by atoms with Crippen molar-refractivity contribution in [2.24, 2.45) is 5.92 Å². The third-order valence-electron chi connectivity index (χ3n) is 2.78. The maximum atomic E-state index is 12.0. The first kappa shape index (κ1) is 12.5. The highest BCUT2D eigenvalue weighted by Crippen LogP contribution is 2.33. The summed E-state index contributed by atoms with van der Waals surface area (Å²) in [6.45, 7) is 1.81. The number of hydrogen-bond donors (Lipinski definition) is 2. The Hall–Kier alpha value is -0.920. The third-order valence-corrected chi connectivity index (χ3v) is 5.42. The van der Waals surface area contributed by atoms with Crippen molar-refractivity contribution in [3.8, 4) is 0 Å². The van der Waals surface area contributed by atoms with E-state index in [1.54, 1.807) is 0 Å². The Morgan fingerprint density at radius 3 is 2.76 bits per heavy atom. The standard InChI is InChI=1S/C10H13NO4S2/c1-6(7-2-3-7)11-17(14,15)8-4-5-16-9(8)10(12)13/h4-7,11H,2-3H2,1H3,(H,12,13). The first-order chi connectivity index (χ1) is 7.92. The third kappa shape index (κ3) is 2.67. The lowest BCUT2D eigenvalue weighted by atomic mass is 10.2. The molecule has 2 rings (SSSR count). The van der Waals surface area contributed by atoms with E-state index in [9.17, 15) is 13.2 Å². The van der Waals surface area contributed by atoms with Crippen LogP contribution >= 0.6 is 11.3 Å². The van der Waals surface area contributed by atoms with E-state index in [1.807, 2.05) is 6.92 Å². The Morgan fingerprint density at radius 1 is 1.59 bits per heavy atom. The minimum Gasteiger partial charge on any atom is -0.477 e. The van der Waals surface area contributed by atoms with Gasteiger partial charge in [0.15, 0.2) is 0 Å². The van der Waals surface area contributed by atoms with Crippen LogP contribution in [0, 0.1) is 5.92 Å². The second-order valence-electron chi connectivity index (χ2n) is 4.17. The Kier molecular flexibility index (Phi) is 3.24. The number of carbonyl (C=O) groups is 1. The van der Waals surface area contributed by atoms with Gasteiger partial charge in [-0.05, 0) is 37.1 Å². The number of carboxylic acid groups (broad SMARTS) is 1. The molecule has 1 aliphatic carbocycles. The highest BCUT2D eigenvalue weighted by Gasteiger charge is 2.32. The maximum absolute atomic E-state index is 12.0. The van der Waals surface area contributed by atoms with Crippen LogP contribution in [0.25, 0.3) is 0 Å². The lowest BCUT2D eigenvalue weighted by Crippen LogP contribution is -2.34. The van der Waals surface area contributed by atoms with E-state index >= 15 is 0 Å². The van der Waals surface area contributed by atoms with Crippen molar-refractivity contribution in [2.45, 2.75) is 30.7 Å². The summed E-state index contributed by atoms with van der Waals surface area (Å²) in [5.41, 5.74) is 0. The van der Waals surface area contributed by atoms with Gasteiger partial charge in [0, 0.05) is 6.04 Å². The average Bonchev–Trinajstić information content (AvgIpc) is 2.93. The molecule has 0 saturated heterocycles. The molecule has 1 aromatic rings. The molecule has 7 heteroatoms. The number of hydrogen-bond acceptors (Lipinski definition) is 4. The molecule has 94 valence electrons. The molecule has 1 saturated carbocycles. The zero-order valence-electron chi connectivity index (χ0n) is 9.21. The summed E-state index contributed by atoms with van der Waals surface area (Å²) in [5, 5.41) is 10.4. The summed E-state index contributed by atoms with van der Waals surface area (Å²) >= 11 is 0.917. The van der Waals surface area contributed by atoms with E-state index in [0.717, 1.165) is 24.2 Å². The van der Waals surface area contributed by atoms with E-state index in [-0.39, 0.29) is 15.8 Å². The second-order valence-corrected chi connectivity index (χ2v) is 6.77. The Bertz CT molecular complexity index is 530. The highest BCUT2D eigenvalue weighted by atomic mass is 32.2. The summed E-state index contributed by atoms with van der Waals surface area (Å²) in [6, 6.07) is 1.19. The van der Waals surface area contributed by atoms with Crippen molar-refractivity contribution in [1.82, 2.24) is 4.72 Å². The summed E-state index contributed by atoms with van der Waals surface area (Å²) in [6.07, 6.45) is 2.05. The first-order valence-corrected chi connectivity index (χ1v) is 7.61. The van der Waals surface area contributed by atoms with Gasteiger partial charge < -0.3 is 5.11 Å². The van der Waals surface area contributed by atoms with Crippen molar-refractivity contribution < 1.29 is 18.3 Å². The van der Waals surface area contributed by atoms with Crippen LogP contribution in [0.2, 0.25) is 0 Å². The molecule has 0 bridgehead atoms. The van der Waals surface area contributed by atoms with Gasteiger partial charge in [-0.1, -0.05) is 0 Å². The molecule has 1 atom stereocenters. The summed E-state index contributed by atoms with van der Waals surface area (Å²) in [5.74, 6) is -0.823. The van der Waals surface area contributed by atoms with Crippen molar-refractivity contribution in [2.75, 3.05) is 0 Å². The van der Waals surface area contributed by atoms with Crippen LogP contribution in [0.15, 0.2) is 16.3 Å². The van der Waals surface area contributed by atoms with Crippen LogP contribution < -0.4 is 4.72 Å². The zero-order chi connectivity index (χ0) is 12.6. The fourth-order valence-corrected chi connectivity index (χ4v) is 4.24. The van der Waals surface area contributed by atoms with E-state index in [4.69, 9.17) is 5.11 Å². The van der Waals surface area contributed by atoms with Gasteiger partial charge in [-0.3, -0.25) is 0 Å². The van der Waals surface area contributed by atoms with E-state index in [0.29, 0.717) is 5.92 Å². The van der Waals surface area contributed by atoms with Gasteiger partial charge in [-0.15, -0.1) is 11.3 Å². The molecule has 0 aliphatic heterocycles. The van der Waals surface area contributed by atoms with Crippen LogP contribution in [-0.4, -0.2) is 25.5 Å². The number of thiophene rings is 1. The maximum Gasteiger partial charge on any atom is 0.347 e. The van der Waals surface area contributed by atoms with Crippen LogP contribution in [0.3, 0.4) is 0 Å². The van der Waals surface area contributed by atoms with Crippen molar-refractivity contribution in [1.29, 1.82) is 0 Å². The van der Waals surface area contributed by atoms with Crippen LogP contribution in [0.4, 0.5) is 0 Å². The molecule has 1 unspecified atom stereocenters. The number of rotatable bonds is 5. The van der Waals surface area contributed by atoms with Crippen molar-refractivity contribution in [3.05, 3.63) is 16.3 Å². The largest absolute Gasteiger partial charge is 0.477 e. The smallest absolute Gasteiger partial charge is 0.347 e. The fraction of sp³-hybridized carbons (Fsp3) is 0.500. The fourth-order valence-electron chi connectivity index (χ4n) is 1.67. The molecule has 17 heavy (non-hydrogen) atoms. The SMILES string of the molecule is CC(NS(=O)(=O)c1ccsc1C(=O)O)C1CC1. The number of sulfonamides is 1. The van der Waals surface area contributed by atoms with Gasteiger partial charge in [-0.2, -0.15) is 0 Å². The van der Waals surface area contributed by atoms with Gasteiger partial charge >= 0.3 is 5.97 Å². The Labute approximate surface area is 104 Å². The second kappa shape index (κ2) is 4.40. The number of carboxylic acids is 1. The summed E-state index contributed by atoms with van der Waals surface area (Å²) < 4.78 is 26.5. The topological polar surface area (TPSA) is 83.5 Å². The molecule has 1 aliphatic rings. The minimum absolute atomic E-state index is 0.137. The van der Waals surface area contributed by atoms with Crippen molar-refractivity contribution in [3.63, 3.8) is 0 Å². The molecule has 1 heterocycles. The van der Waals surface area contributed by atoms with Crippen LogP contribution in [0.5, 0.6) is 0 Å². The van der Waals surface area contributed by atoms with Gasteiger partial charge in [0.1, 0.15) is 9.77 Å². The van der Waals surface area contributed by atoms with E-state index in [1.165, 1.54) is 11.4 Å². The predicted octanol–water partition coefficient (Wildman–Crippen LogP) is 1.52. The minimum atomic E-state index is -3.72. The molecule has 0 spiro atoms. The van der Waals surface area contributed by atoms with Gasteiger partial charge in [0.2, 0.25) is 10.0 Å². The number of nitrogens with one attached hydrogen (secondary N) is 1. The average molecular weight is 275 g/mol. The van der Waals surface area contributed by atoms with Gasteiger partial charge in [-0.25, -0.2) is 17.9 Å². The van der Waals surface area contributed by atoms with Gasteiger partial charge in [0.05, 0.1) is 0 Å². The zero-order valence-corrected chi connectivity index (χ0v) is 10.8. The monoisotopic (exact) mass is 275 g/mol. The molecule has 1 aromatic heterocycles. The summed E-state index contributed by atoms with van der Waals surface area (Å²) in [7, 11) is -3.72. The quantitative estimate of drug-likeness (QED) is 0.853. The van der Waals surface area contributed by atoms with E-state index < -0.39 is 16.0 Å². The van der Waals surface area contributed by atoms with Crippen LogP contribution in [-0.2, 0) is 10.0 Å². The normalized spacial score (nSPS) is 17.9. The number of aromatic carboxylic acids is 1.